The minimum Gasteiger partial charge on any atom is -0.379 e. The Hall–Kier alpha value is -0.0800. The normalized spacial score (nSPS) is 15.6. The highest BCUT2D eigenvalue weighted by molar-refractivity contribution is 4.60. The fraction of sp³-hybridized carbons (Fsp3) is 1.00. The molecule has 3 N–H and O–H groups in total. The molecule has 0 spiro atoms. The molecule has 0 rings (SSSR count). The molecule has 10 heavy (non-hydrogen) atoms. The largest absolute Gasteiger partial charge is 0.379 e. The van der Waals surface area contributed by atoms with Crippen molar-refractivity contribution in [3.8, 4) is 0 Å². The van der Waals surface area contributed by atoms with Gasteiger partial charge in [-0.25, -0.2) is 0 Å². The van der Waals surface area contributed by atoms with Crippen molar-refractivity contribution in [3.63, 3.8) is 0 Å². The van der Waals surface area contributed by atoms with Crippen molar-refractivity contribution in [1.29, 1.82) is 0 Å². The van der Waals surface area contributed by atoms with Crippen molar-refractivity contribution in [1.82, 2.24) is 0 Å². The standard InChI is InChI=1S/C6H15NO.C2H6/c1-4(2)5(3)6(7)8;1-2/h4-6,8H,7H2,1-3H3;1-2H3. The first kappa shape index (κ1) is 12.6. The van der Waals surface area contributed by atoms with Crippen LogP contribution < -0.4 is 5.73 Å². The fourth-order valence-corrected chi connectivity index (χ4v) is 0.394. The van der Waals surface area contributed by atoms with Crippen molar-refractivity contribution >= 4 is 0 Å². The Morgan fingerprint density at radius 1 is 1.10 bits per heavy atom. The molecule has 0 saturated heterocycles. The highest BCUT2D eigenvalue weighted by Gasteiger charge is 2.11. The van der Waals surface area contributed by atoms with Gasteiger partial charge in [0.25, 0.3) is 0 Å². The van der Waals surface area contributed by atoms with E-state index in [2.05, 4.69) is 0 Å². The molecule has 2 atom stereocenters. The summed E-state index contributed by atoms with van der Waals surface area (Å²) in [5.74, 6) is 0.671. The lowest BCUT2D eigenvalue weighted by atomic mass is 9.97. The molecule has 0 aliphatic carbocycles. The van der Waals surface area contributed by atoms with Crippen LogP contribution >= 0.6 is 0 Å². The van der Waals surface area contributed by atoms with Gasteiger partial charge in [0.15, 0.2) is 0 Å². The zero-order valence-corrected chi connectivity index (χ0v) is 7.76. The lowest BCUT2D eigenvalue weighted by Gasteiger charge is -2.17. The summed E-state index contributed by atoms with van der Waals surface area (Å²) in [6.07, 6.45) is -0.657. The molecule has 0 aliphatic rings. The van der Waals surface area contributed by atoms with E-state index in [1.54, 1.807) is 0 Å². The van der Waals surface area contributed by atoms with Gasteiger partial charge in [0.05, 0.1) is 0 Å². The molecule has 0 aromatic heterocycles. The molecule has 0 amide bonds. The molecule has 0 saturated carbocycles. The number of hydrogen-bond donors (Lipinski definition) is 2. The zero-order valence-electron chi connectivity index (χ0n) is 7.76. The first-order valence-corrected chi connectivity index (χ1v) is 3.99. The second-order valence-corrected chi connectivity index (χ2v) is 2.59. The summed E-state index contributed by atoms with van der Waals surface area (Å²) in [6, 6.07) is 0. The Kier molecular flexibility index (Phi) is 8.85. The number of aliphatic hydroxyl groups excluding tert-OH is 1. The first-order valence-electron chi connectivity index (χ1n) is 3.99. The Bertz CT molecular complexity index is 54.3. The summed E-state index contributed by atoms with van der Waals surface area (Å²) >= 11 is 0. The summed E-state index contributed by atoms with van der Waals surface area (Å²) in [7, 11) is 0. The monoisotopic (exact) mass is 147 g/mol. The van der Waals surface area contributed by atoms with Crippen LogP contribution in [0.3, 0.4) is 0 Å². The summed E-state index contributed by atoms with van der Waals surface area (Å²) in [5.41, 5.74) is 5.19. The SMILES string of the molecule is CC.CC(C)C(C)C(N)O. The third-order valence-electron chi connectivity index (χ3n) is 1.59. The molecule has 0 bridgehead atoms. The summed E-state index contributed by atoms with van der Waals surface area (Å²) < 4.78 is 0. The van der Waals surface area contributed by atoms with Gasteiger partial charge in [0.1, 0.15) is 6.23 Å². The second-order valence-electron chi connectivity index (χ2n) is 2.59. The minimum atomic E-state index is -0.657. The number of hydrogen-bond acceptors (Lipinski definition) is 2. The molecule has 2 nitrogen and oxygen atoms in total. The van der Waals surface area contributed by atoms with Gasteiger partial charge in [-0.3, -0.25) is 0 Å². The lowest BCUT2D eigenvalue weighted by molar-refractivity contribution is 0.0980. The molecule has 0 fully saturated rings. The van der Waals surface area contributed by atoms with E-state index in [1.807, 2.05) is 34.6 Å². The second kappa shape index (κ2) is 7.03. The van der Waals surface area contributed by atoms with Gasteiger partial charge < -0.3 is 10.8 Å². The summed E-state index contributed by atoms with van der Waals surface area (Å²) in [4.78, 5) is 0. The van der Waals surface area contributed by atoms with E-state index in [0.29, 0.717) is 5.92 Å². The molecule has 2 unspecified atom stereocenters. The molecule has 64 valence electrons. The highest BCUT2D eigenvalue weighted by Crippen LogP contribution is 2.10. The van der Waals surface area contributed by atoms with E-state index in [4.69, 9.17) is 10.8 Å². The maximum atomic E-state index is 8.77. The van der Waals surface area contributed by atoms with Crippen LogP contribution in [0.15, 0.2) is 0 Å². The first-order chi connectivity index (χ1) is 4.55. The molecular weight excluding hydrogens is 126 g/mol. The number of aliphatic hydroxyl groups is 1. The minimum absolute atomic E-state index is 0.204. The van der Waals surface area contributed by atoms with E-state index >= 15 is 0 Å². The van der Waals surface area contributed by atoms with Crippen LogP contribution in [0.1, 0.15) is 34.6 Å². The van der Waals surface area contributed by atoms with E-state index in [9.17, 15) is 0 Å². The highest BCUT2D eigenvalue weighted by atomic mass is 16.3. The maximum absolute atomic E-state index is 8.77. The quantitative estimate of drug-likeness (QED) is 0.582. The average molecular weight is 147 g/mol. The van der Waals surface area contributed by atoms with Crippen molar-refractivity contribution in [3.05, 3.63) is 0 Å². The Morgan fingerprint density at radius 3 is 1.40 bits per heavy atom. The van der Waals surface area contributed by atoms with Crippen molar-refractivity contribution in [2.45, 2.75) is 40.8 Å². The van der Waals surface area contributed by atoms with E-state index in [0.717, 1.165) is 0 Å². The van der Waals surface area contributed by atoms with E-state index in [-0.39, 0.29) is 5.92 Å². The predicted molar refractivity (Wildman–Crippen MR) is 45.5 cm³/mol. The number of rotatable bonds is 2. The van der Waals surface area contributed by atoms with Gasteiger partial charge >= 0.3 is 0 Å². The van der Waals surface area contributed by atoms with Crippen molar-refractivity contribution in [2.24, 2.45) is 17.6 Å². The lowest BCUT2D eigenvalue weighted by Crippen LogP contribution is -2.30. The van der Waals surface area contributed by atoms with Crippen molar-refractivity contribution < 1.29 is 5.11 Å². The average Bonchev–Trinajstić information content (AvgIpc) is 1.90. The van der Waals surface area contributed by atoms with Crippen molar-refractivity contribution in [2.75, 3.05) is 0 Å². The molecule has 0 radical (unpaired) electrons. The van der Waals surface area contributed by atoms with Crippen LogP contribution in [0.2, 0.25) is 0 Å². The fourth-order valence-electron chi connectivity index (χ4n) is 0.394. The maximum Gasteiger partial charge on any atom is 0.105 e. The predicted octanol–water partition coefficient (Wildman–Crippen LogP) is 1.58. The Labute approximate surface area is 64.4 Å². The third-order valence-corrected chi connectivity index (χ3v) is 1.59. The van der Waals surface area contributed by atoms with Gasteiger partial charge in [-0.05, 0) is 11.8 Å². The molecule has 0 heterocycles. The van der Waals surface area contributed by atoms with Gasteiger partial charge in [0, 0.05) is 0 Å². The van der Waals surface area contributed by atoms with Crippen LogP contribution in [0.5, 0.6) is 0 Å². The molecule has 0 aliphatic heterocycles. The topological polar surface area (TPSA) is 46.2 Å². The van der Waals surface area contributed by atoms with Gasteiger partial charge in [-0.2, -0.15) is 0 Å². The van der Waals surface area contributed by atoms with Gasteiger partial charge in [-0.15, -0.1) is 0 Å². The van der Waals surface area contributed by atoms with Crippen LogP contribution in [0.4, 0.5) is 0 Å². The summed E-state index contributed by atoms with van der Waals surface area (Å²) in [6.45, 7) is 10.0. The van der Waals surface area contributed by atoms with Crippen LogP contribution in [0.25, 0.3) is 0 Å². The molecule has 0 aromatic carbocycles. The van der Waals surface area contributed by atoms with Crippen LogP contribution in [-0.2, 0) is 0 Å². The Balaban J connectivity index is 0. The van der Waals surface area contributed by atoms with Gasteiger partial charge in [0.2, 0.25) is 0 Å². The Morgan fingerprint density at radius 2 is 1.40 bits per heavy atom. The van der Waals surface area contributed by atoms with Gasteiger partial charge in [-0.1, -0.05) is 34.6 Å². The number of nitrogens with two attached hydrogens (primary N) is 1. The third kappa shape index (κ3) is 6.05. The zero-order chi connectivity index (χ0) is 8.73. The van der Waals surface area contributed by atoms with E-state index in [1.165, 1.54) is 0 Å². The molecule has 0 aromatic rings. The van der Waals surface area contributed by atoms with Crippen LogP contribution in [0, 0.1) is 11.8 Å². The van der Waals surface area contributed by atoms with Crippen LogP contribution in [-0.4, -0.2) is 11.3 Å². The molecular formula is C8H21NO. The summed E-state index contributed by atoms with van der Waals surface area (Å²) in [5, 5.41) is 8.77. The smallest absolute Gasteiger partial charge is 0.105 e. The van der Waals surface area contributed by atoms with E-state index < -0.39 is 6.23 Å². The molecule has 2 heteroatoms.